The van der Waals surface area contributed by atoms with Crippen molar-refractivity contribution in [2.45, 2.75) is 70.8 Å². The molecule has 0 spiro atoms. The molecule has 5 unspecified atom stereocenters. The summed E-state index contributed by atoms with van der Waals surface area (Å²) in [7, 11) is 1.64. The third kappa shape index (κ3) is 4.72. The first kappa shape index (κ1) is 18.5. The smallest absolute Gasteiger partial charge is 0.257 e. The maximum absolute atomic E-state index is 12.1. The number of thiol groups is 1. The first-order valence-electron chi connectivity index (χ1n) is 6.99. The summed E-state index contributed by atoms with van der Waals surface area (Å²) >= 11 is 4.13. The third-order valence-corrected chi connectivity index (χ3v) is 6.88. The van der Waals surface area contributed by atoms with Crippen molar-refractivity contribution in [1.82, 2.24) is 0 Å². The monoisotopic (exact) mass is 326 g/mol. The van der Waals surface area contributed by atoms with Crippen molar-refractivity contribution in [3.8, 4) is 0 Å². The van der Waals surface area contributed by atoms with Gasteiger partial charge in [0.05, 0.1) is 18.8 Å². The van der Waals surface area contributed by atoms with E-state index >= 15 is 0 Å². The Labute approximate surface area is 127 Å². The summed E-state index contributed by atoms with van der Waals surface area (Å²) in [6.45, 7) is 6.80. The van der Waals surface area contributed by atoms with Crippen molar-refractivity contribution in [2.24, 2.45) is 0 Å². The molecular formula is C13H27O5PS. The van der Waals surface area contributed by atoms with Gasteiger partial charge in [0.2, 0.25) is 0 Å². The molecule has 0 aromatic rings. The Morgan fingerprint density at radius 3 is 2.30 bits per heavy atom. The molecular weight excluding hydrogens is 299 g/mol. The van der Waals surface area contributed by atoms with Gasteiger partial charge in [-0.3, -0.25) is 4.57 Å². The molecule has 0 saturated carbocycles. The van der Waals surface area contributed by atoms with Gasteiger partial charge < -0.3 is 18.7 Å². The van der Waals surface area contributed by atoms with E-state index in [2.05, 4.69) is 12.2 Å². The van der Waals surface area contributed by atoms with Crippen LogP contribution in [-0.4, -0.2) is 49.9 Å². The van der Waals surface area contributed by atoms with Crippen LogP contribution in [-0.2, 0) is 23.3 Å². The molecule has 1 heterocycles. The Morgan fingerprint density at radius 1 is 1.25 bits per heavy atom. The third-order valence-electron chi connectivity index (χ3n) is 3.32. The summed E-state index contributed by atoms with van der Waals surface area (Å²) < 4.78 is 34.8. The van der Waals surface area contributed by atoms with Crippen LogP contribution in [0.1, 0.15) is 34.6 Å². The first-order valence-corrected chi connectivity index (χ1v) is 9.84. The maximum Gasteiger partial charge on any atom is 0.257 e. The lowest BCUT2D eigenvalue weighted by atomic mass is 10.1. The molecule has 1 aliphatic heterocycles. The topological polar surface area (TPSA) is 54.0 Å². The van der Waals surface area contributed by atoms with Gasteiger partial charge in [0.15, 0.2) is 0 Å². The van der Waals surface area contributed by atoms with Crippen LogP contribution in [0, 0.1) is 0 Å². The van der Waals surface area contributed by atoms with Crippen LogP contribution in [0.2, 0.25) is 0 Å². The second-order valence-corrected chi connectivity index (χ2v) is 9.77. The Bertz CT molecular complexity index is 350. The summed E-state index contributed by atoms with van der Waals surface area (Å²) in [5.41, 5.74) is -0.132. The molecule has 0 amide bonds. The standard InChI is InChI=1S/C13H27O5PS/c1-8(2)17-13-11(18-10(5)12(13)15-6)7-16-19(14,20)9(3)4/h8-13H,7H2,1-6H3,(H,14,20). The van der Waals surface area contributed by atoms with Crippen LogP contribution in [0.15, 0.2) is 0 Å². The van der Waals surface area contributed by atoms with Gasteiger partial charge in [0, 0.05) is 12.8 Å². The van der Waals surface area contributed by atoms with E-state index in [0.29, 0.717) is 0 Å². The predicted octanol–water partition coefficient (Wildman–Crippen LogP) is 3.13. The summed E-state index contributed by atoms with van der Waals surface area (Å²) in [5.74, 6) is 0. The highest BCUT2D eigenvalue weighted by atomic mass is 32.7. The minimum absolute atomic E-state index is 0.0574. The molecule has 0 radical (unpaired) electrons. The second-order valence-electron chi connectivity index (χ2n) is 5.68. The quantitative estimate of drug-likeness (QED) is 0.575. The average molecular weight is 326 g/mol. The SMILES string of the molecule is COC1C(C)OC(COP(=O)(S)C(C)C)C1OC(C)C. The van der Waals surface area contributed by atoms with Crippen LogP contribution in [0.25, 0.3) is 0 Å². The molecule has 20 heavy (non-hydrogen) atoms. The first-order chi connectivity index (χ1) is 9.19. The van der Waals surface area contributed by atoms with Crippen molar-refractivity contribution in [1.29, 1.82) is 0 Å². The summed E-state index contributed by atoms with van der Waals surface area (Å²) in [6.07, 6.45) is -0.700. The van der Waals surface area contributed by atoms with E-state index in [1.807, 2.05) is 34.6 Å². The van der Waals surface area contributed by atoms with E-state index in [1.54, 1.807) is 7.11 Å². The van der Waals surface area contributed by atoms with Crippen LogP contribution < -0.4 is 0 Å². The molecule has 0 bridgehead atoms. The zero-order valence-electron chi connectivity index (χ0n) is 13.1. The van der Waals surface area contributed by atoms with E-state index in [9.17, 15) is 4.57 Å². The van der Waals surface area contributed by atoms with Gasteiger partial charge in [-0.1, -0.05) is 26.1 Å². The van der Waals surface area contributed by atoms with Gasteiger partial charge >= 0.3 is 0 Å². The van der Waals surface area contributed by atoms with Gasteiger partial charge in [0.1, 0.15) is 18.3 Å². The number of methoxy groups -OCH3 is 1. The molecule has 7 heteroatoms. The summed E-state index contributed by atoms with van der Waals surface area (Å²) in [6, 6.07) is 0. The highest BCUT2D eigenvalue weighted by Crippen LogP contribution is 2.56. The van der Waals surface area contributed by atoms with Gasteiger partial charge in [-0.05, 0) is 20.8 Å². The van der Waals surface area contributed by atoms with E-state index in [1.165, 1.54) is 0 Å². The lowest BCUT2D eigenvalue weighted by molar-refractivity contribution is -0.0822. The highest BCUT2D eigenvalue weighted by Gasteiger charge is 2.44. The lowest BCUT2D eigenvalue weighted by Crippen LogP contribution is -2.39. The second kappa shape index (κ2) is 7.61. The zero-order valence-corrected chi connectivity index (χ0v) is 14.9. The van der Waals surface area contributed by atoms with E-state index in [-0.39, 0.29) is 42.8 Å². The minimum atomic E-state index is -2.91. The Balaban J connectivity index is 2.69. The van der Waals surface area contributed by atoms with Gasteiger partial charge in [-0.15, -0.1) is 0 Å². The molecule has 5 atom stereocenters. The number of hydrogen-bond acceptors (Lipinski definition) is 5. The minimum Gasteiger partial charge on any atom is -0.376 e. The van der Waals surface area contributed by atoms with Crippen molar-refractivity contribution < 1.29 is 23.3 Å². The molecule has 0 aromatic heterocycles. The number of rotatable bonds is 7. The molecule has 120 valence electrons. The van der Waals surface area contributed by atoms with Crippen molar-refractivity contribution in [2.75, 3.05) is 13.7 Å². The molecule has 1 aliphatic rings. The number of ether oxygens (including phenoxy) is 3. The normalized spacial score (nSPS) is 33.9. The van der Waals surface area contributed by atoms with Gasteiger partial charge in [0.25, 0.3) is 6.57 Å². The van der Waals surface area contributed by atoms with Crippen LogP contribution in [0.5, 0.6) is 0 Å². The Morgan fingerprint density at radius 2 is 1.85 bits per heavy atom. The molecule has 1 saturated heterocycles. The molecule has 1 rings (SSSR count). The van der Waals surface area contributed by atoms with E-state index in [0.717, 1.165) is 0 Å². The van der Waals surface area contributed by atoms with Gasteiger partial charge in [-0.25, -0.2) is 0 Å². The average Bonchev–Trinajstić information content (AvgIpc) is 2.61. The highest BCUT2D eigenvalue weighted by molar-refractivity contribution is 8.46. The van der Waals surface area contributed by atoms with Gasteiger partial charge in [-0.2, -0.15) is 0 Å². The molecule has 1 fully saturated rings. The summed E-state index contributed by atoms with van der Waals surface area (Å²) in [4.78, 5) is 0. The molecule has 0 N–H and O–H groups in total. The van der Waals surface area contributed by atoms with Crippen molar-refractivity contribution in [3.63, 3.8) is 0 Å². The van der Waals surface area contributed by atoms with Crippen molar-refractivity contribution in [3.05, 3.63) is 0 Å². The van der Waals surface area contributed by atoms with Crippen LogP contribution >= 0.6 is 18.8 Å². The molecule has 0 aromatic carbocycles. The fourth-order valence-corrected chi connectivity index (χ4v) is 3.04. The van der Waals surface area contributed by atoms with Crippen molar-refractivity contribution >= 4 is 18.8 Å². The maximum atomic E-state index is 12.1. The van der Waals surface area contributed by atoms with Crippen LogP contribution in [0.3, 0.4) is 0 Å². The molecule has 5 nitrogen and oxygen atoms in total. The Hall–Kier alpha value is 0.420. The predicted molar refractivity (Wildman–Crippen MR) is 82.8 cm³/mol. The lowest BCUT2D eigenvalue weighted by Gasteiger charge is -2.26. The Kier molecular flexibility index (Phi) is 7.03. The van der Waals surface area contributed by atoms with E-state index in [4.69, 9.17) is 18.7 Å². The fraction of sp³-hybridized carbons (Fsp3) is 1.00. The fourth-order valence-electron chi connectivity index (χ4n) is 2.18. The van der Waals surface area contributed by atoms with E-state index < -0.39 is 6.57 Å². The number of hydrogen-bond donors (Lipinski definition) is 1. The van der Waals surface area contributed by atoms with Crippen LogP contribution in [0.4, 0.5) is 0 Å². The summed E-state index contributed by atoms with van der Waals surface area (Å²) in [5, 5.41) is 0. The zero-order chi connectivity index (χ0) is 15.5. The largest absolute Gasteiger partial charge is 0.376 e. The molecule has 0 aliphatic carbocycles.